The lowest BCUT2D eigenvalue weighted by molar-refractivity contribution is -0.146. The number of rotatable bonds is 7. The van der Waals surface area contributed by atoms with Crippen LogP contribution in [0.1, 0.15) is 22.8 Å². The molecule has 0 atom stereocenters. The van der Waals surface area contributed by atoms with Gasteiger partial charge in [-0.25, -0.2) is 0 Å². The van der Waals surface area contributed by atoms with Gasteiger partial charge in [0.05, 0.1) is 0 Å². The van der Waals surface area contributed by atoms with Gasteiger partial charge >= 0.3 is 5.97 Å². The molecule has 28 heavy (non-hydrogen) atoms. The van der Waals surface area contributed by atoms with Crippen molar-refractivity contribution in [3.8, 4) is 11.5 Å². The van der Waals surface area contributed by atoms with E-state index in [1.807, 2.05) is 19.1 Å². The third kappa shape index (κ3) is 5.00. The van der Waals surface area contributed by atoms with Crippen molar-refractivity contribution in [2.45, 2.75) is 13.3 Å². The number of ether oxygens (including phenoxy) is 3. The van der Waals surface area contributed by atoms with E-state index in [-0.39, 0.29) is 13.3 Å². The van der Waals surface area contributed by atoms with Crippen molar-refractivity contribution in [2.24, 2.45) is 0 Å². The third-order valence-corrected chi connectivity index (χ3v) is 4.04. The van der Waals surface area contributed by atoms with Gasteiger partial charge in [0.25, 0.3) is 11.8 Å². The highest BCUT2D eigenvalue weighted by atomic mass is 16.7. The molecule has 0 aromatic heterocycles. The minimum Gasteiger partial charge on any atom is -0.454 e. The summed E-state index contributed by atoms with van der Waals surface area (Å²) >= 11 is 0. The maximum Gasteiger partial charge on any atom is 0.325 e. The topological polar surface area (TPSA) is 103 Å². The lowest BCUT2D eigenvalue weighted by Gasteiger charge is -2.08. The molecule has 2 aromatic carbocycles. The highest BCUT2D eigenvalue weighted by molar-refractivity contribution is 5.97. The van der Waals surface area contributed by atoms with Crippen molar-refractivity contribution in [1.29, 1.82) is 0 Å². The normalized spacial score (nSPS) is 11.6. The molecule has 8 nitrogen and oxygen atoms in total. The Morgan fingerprint density at radius 3 is 2.54 bits per heavy atom. The van der Waals surface area contributed by atoms with E-state index in [2.05, 4.69) is 10.6 Å². The summed E-state index contributed by atoms with van der Waals surface area (Å²) in [7, 11) is 0. The Bertz CT molecular complexity index is 879. The fourth-order valence-electron chi connectivity index (χ4n) is 2.51. The number of carbonyl (C=O) groups excluding carboxylic acids is 3. The predicted octanol–water partition coefficient (Wildman–Crippen LogP) is 1.89. The first kappa shape index (κ1) is 19.2. The van der Waals surface area contributed by atoms with Crippen LogP contribution >= 0.6 is 0 Å². The summed E-state index contributed by atoms with van der Waals surface area (Å²) in [4.78, 5) is 35.7. The minimum absolute atomic E-state index is 0.109. The van der Waals surface area contributed by atoms with E-state index in [9.17, 15) is 14.4 Å². The van der Waals surface area contributed by atoms with E-state index in [4.69, 9.17) is 14.2 Å². The molecule has 2 N–H and O–H groups in total. The molecule has 0 aliphatic carbocycles. The molecule has 0 spiro atoms. The maximum atomic E-state index is 12.1. The first-order valence-corrected chi connectivity index (χ1v) is 8.77. The van der Waals surface area contributed by atoms with Crippen molar-refractivity contribution >= 4 is 23.5 Å². The summed E-state index contributed by atoms with van der Waals surface area (Å²) in [6.45, 7) is 1.36. The summed E-state index contributed by atoms with van der Waals surface area (Å²) in [6.07, 6.45) is 0.907. The van der Waals surface area contributed by atoms with E-state index < -0.39 is 24.4 Å². The monoisotopic (exact) mass is 384 g/mol. The SMILES string of the molecule is CCc1ccc(NC(=O)COC(=O)CNC(=O)c2ccc3c(c2)OCO3)cc1. The molecule has 0 bridgehead atoms. The summed E-state index contributed by atoms with van der Waals surface area (Å²) in [5.74, 6) is -0.605. The smallest absolute Gasteiger partial charge is 0.325 e. The summed E-state index contributed by atoms with van der Waals surface area (Å²) in [5.41, 5.74) is 2.10. The van der Waals surface area contributed by atoms with Crippen molar-refractivity contribution < 1.29 is 28.6 Å². The van der Waals surface area contributed by atoms with Gasteiger partial charge in [-0.1, -0.05) is 19.1 Å². The van der Waals surface area contributed by atoms with Gasteiger partial charge in [0.15, 0.2) is 18.1 Å². The zero-order valence-electron chi connectivity index (χ0n) is 15.3. The fourth-order valence-corrected chi connectivity index (χ4v) is 2.51. The van der Waals surface area contributed by atoms with Gasteiger partial charge in [-0.2, -0.15) is 0 Å². The molecule has 1 heterocycles. The van der Waals surface area contributed by atoms with E-state index >= 15 is 0 Å². The number of fused-ring (bicyclic) bond motifs is 1. The number of nitrogens with one attached hydrogen (secondary N) is 2. The molecule has 0 saturated heterocycles. The summed E-state index contributed by atoms with van der Waals surface area (Å²) in [5, 5.41) is 5.07. The lowest BCUT2D eigenvalue weighted by atomic mass is 10.1. The zero-order valence-corrected chi connectivity index (χ0v) is 15.3. The van der Waals surface area contributed by atoms with Crippen LogP contribution in [0.2, 0.25) is 0 Å². The van der Waals surface area contributed by atoms with Gasteiger partial charge in [-0.3, -0.25) is 14.4 Å². The lowest BCUT2D eigenvalue weighted by Crippen LogP contribution is -2.32. The van der Waals surface area contributed by atoms with Crippen molar-refractivity contribution in [3.63, 3.8) is 0 Å². The second-order valence-electron chi connectivity index (χ2n) is 6.01. The Balaban J connectivity index is 1.40. The van der Waals surface area contributed by atoms with Gasteiger partial charge in [0.1, 0.15) is 6.54 Å². The Labute approximate surface area is 161 Å². The maximum absolute atomic E-state index is 12.1. The van der Waals surface area contributed by atoms with Crippen LogP contribution < -0.4 is 20.1 Å². The molecule has 1 aliphatic rings. The number of aryl methyl sites for hydroxylation is 1. The number of carbonyl (C=O) groups is 3. The molecule has 2 amide bonds. The van der Waals surface area contributed by atoms with E-state index in [1.165, 1.54) is 6.07 Å². The highest BCUT2D eigenvalue weighted by Crippen LogP contribution is 2.32. The highest BCUT2D eigenvalue weighted by Gasteiger charge is 2.17. The quantitative estimate of drug-likeness (QED) is 0.707. The Morgan fingerprint density at radius 1 is 1.04 bits per heavy atom. The Kier molecular flexibility index (Phi) is 6.11. The molecular formula is C20H20N2O6. The number of esters is 1. The van der Waals surface area contributed by atoms with Gasteiger partial charge in [0, 0.05) is 11.3 Å². The fraction of sp³-hybridized carbons (Fsp3) is 0.250. The number of anilines is 1. The second-order valence-corrected chi connectivity index (χ2v) is 6.01. The van der Waals surface area contributed by atoms with E-state index in [0.29, 0.717) is 22.7 Å². The zero-order chi connectivity index (χ0) is 19.9. The van der Waals surface area contributed by atoms with Gasteiger partial charge in [-0.15, -0.1) is 0 Å². The molecule has 1 aliphatic heterocycles. The molecule has 2 aromatic rings. The van der Waals surface area contributed by atoms with Crippen LogP contribution in [0.3, 0.4) is 0 Å². The van der Waals surface area contributed by atoms with Crippen LogP contribution in [-0.2, 0) is 20.7 Å². The van der Waals surface area contributed by atoms with Gasteiger partial charge in [0.2, 0.25) is 6.79 Å². The largest absolute Gasteiger partial charge is 0.454 e. The molecule has 3 rings (SSSR count). The van der Waals surface area contributed by atoms with E-state index in [0.717, 1.165) is 12.0 Å². The van der Waals surface area contributed by atoms with E-state index in [1.54, 1.807) is 24.3 Å². The molecule has 146 valence electrons. The van der Waals surface area contributed by atoms with Crippen LogP contribution in [-0.4, -0.2) is 37.7 Å². The summed E-state index contributed by atoms with van der Waals surface area (Å²) in [6, 6.07) is 12.1. The predicted molar refractivity (Wildman–Crippen MR) is 100 cm³/mol. The van der Waals surface area contributed by atoms with Crippen LogP contribution in [0.25, 0.3) is 0 Å². The van der Waals surface area contributed by atoms with Crippen molar-refractivity contribution in [1.82, 2.24) is 5.32 Å². The molecular weight excluding hydrogens is 364 g/mol. The average Bonchev–Trinajstić information content (AvgIpc) is 3.19. The summed E-state index contributed by atoms with van der Waals surface area (Å²) < 4.78 is 15.2. The van der Waals surface area contributed by atoms with Crippen LogP contribution in [0.15, 0.2) is 42.5 Å². The Hall–Kier alpha value is -3.55. The van der Waals surface area contributed by atoms with Crippen molar-refractivity contribution in [2.75, 3.05) is 25.3 Å². The second kappa shape index (κ2) is 8.90. The first-order chi connectivity index (χ1) is 13.5. The number of hydrogen-bond donors (Lipinski definition) is 2. The number of benzene rings is 2. The molecule has 0 radical (unpaired) electrons. The molecule has 8 heteroatoms. The number of amides is 2. The number of hydrogen-bond acceptors (Lipinski definition) is 6. The molecule has 0 fully saturated rings. The third-order valence-electron chi connectivity index (χ3n) is 4.04. The first-order valence-electron chi connectivity index (χ1n) is 8.77. The van der Waals surface area contributed by atoms with Gasteiger partial charge in [-0.05, 0) is 42.3 Å². The molecule has 0 unspecified atom stereocenters. The average molecular weight is 384 g/mol. The van der Waals surface area contributed by atoms with Gasteiger partial charge < -0.3 is 24.8 Å². The molecule has 0 saturated carbocycles. The van der Waals surface area contributed by atoms with Crippen LogP contribution in [0, 0.1) is 0 Å². The van der Waals surface area contributed by atoms with Crippen molar-refractivity contribution in [3.05, 3.63) is 53.6 Å². The standard InChI is InChI=1S/C20H20N2O6/c1-2-13-3-6-15(7-4-13)22-18(23)11-26-19(24)10-21-20(25)14-5-8-16-17(9-14)28-12-27-16/h3-9H,2,10-12H2,1H3,(H,21,25)(H,22,23). The Morgan fingerprint density at radius 2 is 1.79 bits per heavy atom. The minimum atomic E-state index is -0.717. The van der Waals surface area contributed by atoms with Crippen LogP contribution in [0.4, 0.5) is 5.69 Å². The van der Waals surface area contributed by atoms with Crippen LogP contribution in [0.5, 0.6) is 11.5 Å².